The molecule has 0 bridgehead atoms. The van der Waals surface area contributed by atoms with E-state index in [1.807, 2.05) is 4.68 Å². The molecule has 0 aliphatic rings. The molecule has 1 heterocycles. The van der Waals surface area contributed by atoms with Gasteiger partial charge in [-0.15, -0.1) is 0 Å². The van der Waals surface area contributed by atoms with Crippen molar-refractivity contribution in [2.45, 2.75) is 32.7 Å². The summed E-state index contributed by atoms with van der Waals surface area (Å²) in [4.78, 5) is 0. The van der Waals surface area contributed by atoms with Crippen molar-refractivity contribution >= 4 is 0 Å². The molecule has 1 rings (SSSR count). The quantitative estimate of drug-likeness (QED) is 0.787. The Kier molecular flexibility index (Phi) is 3.16. The van der Waals surface area contributed by atoms with E-state index < -0.39 is 0 Å². The van der Waals surface area contributed by atoms with Gasteiger partial charge < -0.3 is 10.5 Å². The van der Waals surface area contributed by atoms with E-state index in [0.29, 0.717) is 6.54 Å². The van der Waals surface area contributed by atoms with Crippen molar-refractivity contribution in [2.24, 2.45) is 5.73 Å². The maximum Gasteiger partial charge on any atom is 0.160 e. The maximum absolute atomic E-state index is 5.75. The Morgan fingerprint density at radius 2 is 2.21 bits per heavy atom. The first-order valence-corrected chi connectivity index (χ1v) is 4.87. The first kappa shape index (κ1) is 11.0. The Labute approximate surface area is 85.0 Å². The smallest absolute Gasteiger partial charge is 0.160 e. The highest BCUT2D eigenvalue weighted by Gasteiger charge is 2.27. The predicted octanol–water partition coefficient (Wildman–Crippen LogP) is 1.15. The molecule has 0 aromatic carbocycles. The number of hydrogen-bond acceptors (Lipinski definition) is 3. The zero-order chi connectivity index (χ0) is 10.8. The number of nitrogens with two attached hydrogens (primary N) is 1. The van der Waals surface area contributed by atoms with Gasteiger partial charge in [-0.1, -0.05) is 13.8 Å². The molecule has 0 aliphatic heterocycles. The molecule has 0 aliphatic carbocycles. The summed E-state index contributed by atoms with van der Waals surface area (Å²) < 4.78 is 7.21. The highest BCUT2D eigenvalue weighted by atomic mass is 16.5. The third kappa shape index (κ3) is 1.75. The van der Waals surface area contributed by atoms with E-state index in [0.717, 1.165) is 18.0 Å². The fourth-order valence-corrected chi connectivity index (χ4v) is 1.54. The third-order valence-electron chi connectivity index (χ3n) is 2.48. The zero-order valence-corrected chi connectivity index (χ0v) is 9.37. The van der Waals surface area contributed by atoms with Gasteiger partial charge in [0.25, 0.3) is 0 Å². The van der Waals surface area contributed by atoms with Crippen molar-refractivity contribution in [1.29, 1.82) is 0 Å². The summed E-state index contributed by atoms with van der Waals surface area (Å²) in [5.74, 6) is 0.822. The van der Waals surface area contributed by atoms with Crippen molar-refractivity contribution in [3.8, 4) is 5.75 Å². The summed E-state index contributed by atoms with van der Waals surface area (Å²) in [6.07, 6.45) is 1.75. The van der Waals surface area contributed by atoms with Crippen LogP contribution in [0.15, 0.2) is 6.20 Å². The van der Waals surface area contributed by atoms with Crippen molar-refractivity contribution in [2.75, 3.05) is 13.7 Å². The second-order valence-electron chi connectivity index (χ2n) is 3.97. The van der Waals surface area contributed by atoms with Gasteiger partial charge in [0.1, 0.15) is 0 Å². The Morgan fingerprint density at radius 1 is 1.57 bits per heavy atom. The van der Waals surface area contributed by atoms with E-state index in [4.69, 9.17) is 10.5 Å². The SMILES string of the molecule is CCn1ncc(OC)c1C(C)(C)CN. The predicted molar refractivity (Wildman–Crippen MR) is 56.5 cm³/mol. The Bertz CT molecular complexity index is 283. The summed E-state index contributed by atoms with van der Waals surface area (Å²) in [6.45, 7) is 7.66. The van der Waals surface area contributed by atoms with Crippen LogP contribution in [0.25, 0.3) is 0 Å². The number of ether oxygens (including phenoxy) is 1. The third-order valence-corrected chi connectivity index (χ3v) is 2.48. The van der Waals surface area contributed by atoms with Crippen LogP contribution in [0.4, 0.5) is 0 Å². The number of aryl methyl sites for hydroxylation is 1. The molecule has 0 saturated carbocycles. The van der Waals surface area contributed by atoms with E-state index in [1.54, 1.807) is 13.3 Å². The van der Waals surface area contributed by atoms with Crippen LogP contribution in [-0.2, 0) is 12.0 Å². The standard InChI is InChI=1S/C10H19N3O/c1-5-13-9(10(2,3)7-11)8(14-4)6-12-13/h6H,5,7,11H2,1-4H3. The highest BCUT2D eigenvalue weighted by molar-refractivity contribution is 5.32. The van der Waals surface area contributed by atoms with Crippen molar-refractivity contribution in [3.63, 3.8) is 0 Å². The molecule has 4 nitrogen and oxygen atoms in total. The van der Waals surface area contributed by atoms with Gasteiger partial charge in [-0.2, -0.15) is 5.10 Å². The summed E-state index contributed by atoms with van der Waals surface area (Å²) >= 11 is 0. The van der Waals surface area contributed by atoms with Crippen LogP contribution in [0, 0.1) is 0 Å². The van der Waals surface area contributed by atoms with Gasteiger partial charge in [-0.3, -0.25) is 4.68 Å². The van der Waals surface area contributed by atoms with Crippen LogP contribution in [0.3, 0.4) is 0 Å². The normalized spacial score (nSPS) is 11.8. The van der Waals surface area contributed by atoms with Gasteiger partial charge in [0.05, 0.1) is 19.0 Å². The molecular weight excluding hydrogens is 178 g/mol. The van der Waals surface area contributed by atoms with Crippen LogP contribution in [0.2, 0.25) is 0 Å². The van der Waals surface area contributed by atoms with Crippen molar-refractivity contribution < 1.29 is 4.74 Å². The van der Waals surface area contributed by atoms with Gasteiger partial charge in [-0.05, 0) is 6.92 Å². The molecule has 0 amide bonds. The average molecular weight is 197 g/mol. The topological polar surface area (TPSA) is 53.1 Å². The lowest BCUT2D eigenvalue weighted by Gasteiger charge is -2.24. The molecule has 4 heteroatoms. The Hall–Kier alpha value is -1.03. The van der Waals surface area contributed by atoms with E-state index in [-0.39, 0.29) is 5.41 Å². The number of methoxy groups -OCH3 is 1. The monoisotopic (exact) mass is 197 g/mol. The van der Waals surface area contributed by atoms with Crippen LogP contribution in [-0.4, -0.2) is 23.4 Å². The van der Waals surface area contributed by atoms with Crippen LogP contribution in [0.5, 0.6) is 5.75 Å². The number of rotatable bonds is 4. The van der Waals surface area contributed by atoms with Gasteiger partial charge in [-0.25, -0.2) is 0 Å². The van der Waals surface area contributed by atoms with E-state index in [9.17, 15) is 0 Å². The molecule has 0 spiro atoms. The molecule has 14 heavy (non-hydrogen) atoms. The summed E-state index contributed by atoms with van der Waals surface area (Å²) in [6, 6.07) is 0. The molecule has 1 aromatic rings. The van der Waals surface area contributed by atoms with Gasteiger partial charge in [0.15, 0.2) is 5.75 Å². The van der Waals surface area contributed by atoms with Gasteiger partial charge in [0, 0.05) is 18.5 Å². The second kappa shape index (κ2) is 4.00. The molecule has 0 saturated heterocycles. The summed E-state index contributed by atoms with van der Waals surface area (Å²) in [5.41, 5.74) is 6.72. The molecular formula is C10H19N3O. The number of aromatic nitrogens is 2. The Balaban J connectivity index is 3.21. The summed E-state index contributed by atoms with van der Waals surface area (Å²) in [5, 5.41) is 4.26. The number of hydrogen-bond donors (Lipinski definition) is 1. The summed E-state index contributed by atoms with van der Waals surface area (Å²) in [7, 11) is 1.66. The van der Waals surface area contributed by atoms with Crippen LogP contribution < -0.4 is 10.5 Å². The molecule has 80 valence electrons. The fourth-order valence-electron chi connectivity index (χ4n) is 1.54. The molecule has 0 unspecified atom stereocenters. The second-order valence-corrected chi connectivity index (χ2v) is 3.97. The minimum Gasteiger partial charge on any atom is -0.493 e. The fraction of sp³-hybridized carbons (Fsp3) is 0.700. The lowest BCUT2D eigenvalue weighted by Crippen LogP contribution is -2.31. The highest BCUT2D eigenvalue weighted by Crippen LogP contribution is 2.30. The first-order valence-electron chi connectivity index (χ1n) is 4.87. The molecule has 1 aromatic heterocycles. The molecule has 0 fully saturated rings. The van der Waals surface area contributed by atoms with E-state index >= 15 is 0 Å². The Morgan fingerprint density at radius 3 is 2.64 bits per heavy atom. The largest absolute Gasteiger partial charge is 0.493 e. The van der Waals surface area contributed by atoms with Crippen LogP contribution >= 0.6 is 0 Å². The molecule has 0 radical (unpaired) electrons. The molecule has 0 atom stereocenters. The lowest BCUT2D eigenvalue weighted by molar-refractivity contribution is 0.382. The first-order chi connectivity index (χ1) is 6.56. The zero-order valence-electron chi connectivity index (χ0n) is 9.37. The minimum absolute atomic E-state index is 0.0994. The number of nitrogens with zero attached hydrogens (tertiary/aromatic N) is 2. The maximum atomic E-state index is 5.75. The average Bonchev–Trinajstić information content (AvgIpc) is 2.61. The molecule has 2 N–H and O–H groups in total. The van der Waals surface area contributed by atoms with Gasteiger partial charge >= 0.3 is 0 Å². The van der Waals surface area contributed by atoms with Crippen molar-refractivity contribution in [3.05, 3.63) is 11.9 Å². The minimum atomic E-state index is -0.0994. The lowest BCUT2D eigenvalue weighted by atomic mass is 9.89. The van der Waals surface area contributed by atoms with Crippen molar-refractivity contribution in [1.82, 2.24) is 9.78 Å². The van der Waals surface area contributed by atoms with E-state index in [2.05, 4.69) is 25.9 Å². The van der Waals surface area contributed by atoms with E-state index in [1.165, 1.54) is 0 Å². The van der Waals surface area contributed by atoms with Gasteiger partial charge in [0.2, 0.25) is 0 Å². The van der Waals surface area contributed by atoms with Crippen LogP contribution in [0.1, 0.15) is 26.5 Å².